The van der Waals surface area contributed by atoms with E-state index in [2.05, 4.69) is 27.3 Å². The molecular formula is C19H21ClN4OS. The Balaban J connectivity index is 1.39. The van der Waals surface area contributed by atoms with Crippen molar-refractivity contribution in [2.75, 3.05) is 13.1 Å². The largest absolute Gasteiger partial charge is 0.347 e. The van der Waals surface area contributed by atoms with E-state index in [1.165, 1.54) is 16.9 Å². The average molecular weight is 389 g/mol. The van der Waals surface area contributed by atoms with Gasteiger partial charge in [-0.3, -0.25) is 14.1 Å². The highest BCUT2D eigenvalue weighted by Crippen LogP contribution is 2.19. The molecule has 1 fully saturated rings. The van der Waals surface area contributed by atoms with Crippen LogP contribution in [0.3, 0.4) is 0 Å². The molecule has 3 heterocycles. The zero-order valence-electron chi connectivity index (χ0n) is 14.6. The van der Waals surface area contributed by atoms with E-state index in [-0.39, 0.29) is 11.9 Å². The maximum absolute atomic E-state index is 12.7. The van der Waals surface area contributed by atoms with Crippen molar-refractivity contribution in [3.8, 4) is 0 Å². The van der Waals surface area contributed by atoms with E-state index in [4.69, 9.17) is 11.6 Å². The minimum atomic E-state index is -0.0213. The summed E-state index contributed by atoms with van der Waals surface area (Å²) >= 11 is 7.46. The number of likely N-dealkylation sites (tertiary alicyclic amines) is 1. The van der Waals surface area contributed by atoms with Crippen LogP contribution in [-0.2, 0) is 6.54 Å². The standard InChI is InChI=1S/C19H21ClN4OS/c1-13-9-24-17(12-26-19(24)21-13)18(25)22-16-3-2-8-23(11-16)10-14-4-6-15(20)7-5-14/h4-7,9,12,16H,2-3,8,10-11H2,1H3,(H,22,25)/t16-/m0/s1. The van der Waals surface area contributed by atoms with Gasteiger partial charge < -0.3 is 5.32 Å². The first-order valence-corrected chi connectivity index (χ1v) is 10.0. The molecule has 1 aliphatic rings. The number of hydrogen-bond acceptors (Lipinski definition) is 4. The van der Waals surface area contributed by atoms with Crippen molar-refractivity contribution in [3.63, 3.8) is 0 Å². The fraction of sp³-hybridized carbons (Fsp3) is 0.368. The van der Waals surface area contributed by atoms with E-state index in [0.717, 1.165) is 48.2 Å². The Kier molecular flexibility index (Phi) is 4.98. The van der Waals surface area contributed by atoms with Crippen LogP contribution in [0.1, 0.15) is 34.6 Å². The predicted octanol–water partition coefficient (Wildman–Crippen LogP) is 3.75. The lowest BCUT2D eigenvalue weighted by Crippen LogP contribution is -2.47. The van der Waals surface area contributed by atoms with Crippen LogP contribution in [0.4, 0.5) is 0 Å². The fourth-order valence-corrected chi connectivity index (χ4v) is 4.51. The number of aryl methyl sites for hydroxylation is 1. The van der Waals surface area contributed by atoms with E-state index < -0.39 is 0 Å². The smallest absolute Gasteiger partial charge is 0.269 e. The molecule has 0 unspecified atom stereocenters. The molecule has 2 aromatic heterocycles. The molecule has 26 heavy (non-hydrogen) atoms. The summed E-state index contributed by atoms with van der Waals surface area (Å²) in [6.07, 6.45) is 4.01. The summed E-state index contributed by atoms with van der Waals surface area (Å²) in [7, 11) is 0. The zero-order valence-corrected chi connectivity index (χ0v) is 16.2. The Labute approximate surface area is 161 Å². The van der Waals surface area contributed by atoms with Crippen molar-refractivity contribution in [1.29, 1.82) is 0 Å². The maximum Gasteiger partial charge on any atom is 0.269 e. The number of aromatic nitrogens is 2. The highest BCUT2D eigenvalue weighted by molar-refractivity contribution is 7.15. The second-order valence-electron chi connectivity index (χ2n) is 6.83. The molecule has 7 heteroatoms. The number of thiazole rings is 1. The first-order chi connectivity index (χ1) is 12.6. The molecule has 136 valence electrons. The van der Waals surface area contributed by atoms with Gasteiger partial charge in [0.2, 0.25) is 0 Å². The van der Waals surface area contributed by atoms with E-state index in [1.807, 2.05) is 35.0 Å². The van der Waals surface area contributed by atoms with Crippen LogP contribution in [-0.4, -0.2) is 39.3 Å². The van der Waals surface area contributed by atoms with Gasteiger partial charge in [0.15, 0.2) is 4.96 Å². The normalized spacial score (nSPS) is 18.3. The summed E-state index contributed by atoms with van der Waals surface area (Å²) in [5.74, 6) is -0.0213. The number of imidazole rings is 1. The summed E-state index contributed by atoms with van der Waals surface area (Å²) in [5, 5.41) is 5.84. The van der Waals surface area contributed by atoms with Gasteiger partial charge in [0.05, 0.1) is 5.69 Å². The lowest BCUT2D eigenvalue weighted by atomic mass is 10.0. The second-order valence-corrected chi connectivity index (χ2v) is 8.10. The molecule has 1 atom stereocenters. The molecule has 0 radical (unpaired) electrons. The van der Waals surface area contributed by atoms with Crippen molar-refractivity contribution in [2.24, 2.45) is 0 Å². The summed E-state index contributed by atoms with van der Waals surface area (Å²) < 4.78 is 1.88. The van der Waals surface area contributed by atoms with Crippen LogP contribution in [0.5, 0.6) is 0 Å². The van der Waals surface area contributed by atoms with Crippen molar-refractivity contribution in [2.45, 2.75) is 32.4 Å². The van der Waals surface area contributed by atoms with E-state index >= 15 is 0 Å². The Morgan fingerprint density at radius 1 is 1.38 bits per heavy atom. The maximum atomic E-state index is 12.7. The van der Waals surface area contributed by atoms with Crippen LogP contribution < -0.4 is 5.32 Å². The van der Waals surface area contributed by atoms with Gasteiger partial charge in [-0.15, -0.1) is 11.3 Å². The zero-order chi connectivity index (χ0) is 18.1. The topological polar surface area (TPSA) is 49.6 Å². The number of benzene rings is 1. The highest BCUT2D eigenvalue weighted by atomic mass is 35.5. The van der Waals surface area contributed by atoms with Crippen LogP contribution in [0, 0.1) is 6.92 Å². The van der Waals surface area contributed by atoms with Crippen LogP contribution in [0.2, 0.25) is 5.02 Å². The van der Waals surface area contributed by atoms with Crippen molar-refractivity contribution in [1.82, 2.24) is 19.6 Å². The Morgan fingerprint density at radius 3 is 3.00 bits per heavy atom. The summed E-state index contributed by atoms with van der Waals surface area (Å²) in [6.45, 7) is 4.74. The molecule has 1 aliphatic heterocycles. The molecule has 3 aromatic rings. The number of nitrogens with zero attached hydrogens (tertiary/aromatic N) is 3. The SMILES string of the molecule is Cc1cn2c(C(=O)N[C@H]3CCCN(Cc4ccc(Cl)cc4)C3)csc2n1. The number of rotatable bonds is 4. The van der Waals surface area contributed by atoms with Crippen LogP contribution >= 0.6 is 22.9 Å². The third kappa shape index (κ3) is 3.77. The molecule has 0 aliphatic carbocycles. The highest BCUT2D eigenvalue weighted by Gasteiger charge is 2.23. The third-order valence-corrected chi connectivity index (χ3v) is 5.81. The number of amides is 1. The number of fused-ring (bicyclic) bond motifs is 1. The van der Waals surface area contributed by atoms with E-state index in [9.17, 15) is 4.79 Å². The minimum Gasteiger partial charge on any atom is -0.347 e. The quantitative estimate of drug-likeness (QED) is 0.740. The molecule has 4 rings (SSSR count). The van der Waals surface area contributed by atoms with Gasteiger partial charge in [0.25, 0.3) is 5.91 Å². The Hall–Kier alpha value is -1.89. The van der Waals surface area contributed by atoms with Gasteiger partial charge in [-0.1, -0.05) is 23.7 Å². The summed E-state index contributed by atoms with van der Waals surface area (Å²) in [6, 6.07) is 8.15. The van der Waals surface area contributed by atoms with Gasteiger partial charge in [-0.25, -0.2) is 4.98 Å². The number of carbonyl (C=O) groups is 1. The van der Waals surface area contributed by atoms with Gasteiger partial charge in [-0.2, -0.15) is 0 Å². The molecule has 1 amide bonds. The van der Waals surface area contributed by atoms with E-state index in [0.29, 0.717) is 5.69 Å². The molecule has 1 aromatic carbocycles. The molecule has 0 saturated carbocycles. The second kappa shape index (κ2) is 7.39. The van der Waals surface area contributed by atoms with Crippen molar-refractivity contribution in [3.05, 3.63) is 57.8 Å². The van der Waals surface area contributed by atoms with Gasteiger partial charge >= 0.3 is 0 Å². The molecule has 0 spiro atoms. The Morgan fingerprint density at radius 2 is 2.19 bits per heavy atom. The first-order valence-electron chi connectivity index (χ1n) is 8.79. The lowest BCUT2D eigenvalue weighted by Gasteiger charge is -2.33. The van der Waals surface area contributed by atoms with Gasteiger partial charge in [0.1, 0.15) is 5.69 Å². The van der Waals surface area contributed by atoms with Crippen LogP contribution in [0.25, 0.3) is 4.96 Å². The first kappa shape index (κ1) is 17.5. The summed E-state index contributed by atoms with van der Waals surface area (Å²) in [4.78, 5) is 20.4. The van der Waals surface area contributed by atoms with E-state index in [1.54, 1.807) is 0 Å². The Bertz CT molecular complexity index is 917. The van der Waals surface area contributed by atoms with Gasteiger partial charge in [0, 0.05) is 35.7 Å². The van der Waals surface area contributed by atoms with Crippen LogP contribution in [0.15, 0.2) is 35.8 Å². The average Bonchev–Trinajstić information content (AvgIpc) is 3.16. The number of piperidine rings is 1. The third-order valence-electron chi connectivity index (χ3n) is 4.72. The summed E-state index contributed by atoms with van der Waals surface area (Å²) in [5.41, 5.74) is 2.84. The fourth-order valence-electron chi connectivity index (χ4n) is 3.48. The van der Waals surface area contributed by atoms with Gasteiger partial charge in [-0.05, 0) is 44.0 Å². The number of hydrogen-bond donors (Lipinski definition) is 1. The monoisotopic (exact) mass is 388 g/mol. The number of halogens is 1. The molecular weight excluding hydrogens is 368 g/mol. The molecule has 5 nitrogen and oxygen atoms in total. The van der Waals surface area contributed by atoms with Crippen molar-refractivity contribution >= 4 is 33.8 Å². The van der Waals surface area contributed by atoms with Crippen molar-refractivity contribution < 1.29 is 4.79 Å². The number of nitrogens with one attached hydrogen (secondary N) is 1. The lowest BCUT2D eigenvalue weighted by molar-refractivity contribution is 0.0895. The molecule has 1 saturated heterocycles. The molecule has 1 N–H and O–H groups in total. The number of carbonyl (C=O) groups excluding carboxylic acids is 1. The predicted molar refractivity (Wildman–Crippen MR) is 105 cm³/mol. The minimum absolute atomic E-state index is 0.0213. The molecule has 0 bridgehead atoms.